The molecule has 0 heterocycles. The van der Waals surface area contributed by atoms with Crippen molar-refractivity contribution in [1.29, 1.82) is 0 Å². The van der Waals surface area contributed by atoms with E-state index < -0.39 is 0 Å². The van der Waals surface area contributed by atoms with E-state index in [1.54, 1.807) is 0 Å². The van der Waals surface area contributed by atoms with Crippen LogP contribution >= 0.6 is 0 Å². The highest BCUT2D eigenvalue weighted by Gasteiger charge is 1.96. The zero-order chi connectivity index (χ0) is 25.3. The second-order valence-corrected chi connectivity index (χ2v) is 11.4. The summed E-state index contributed by atoms with van der Waals surface area (Å²) >= 11 is 0. The van der Waals surface area contributed by atoms with Crippen molar-refractivity contribution in [3.63, 3.8) is 0 Å². The van der Waals surface area contributed by atoms with E-state index in [-0.39, 0.29) is 0 Å². The van der Waals surface area contributed by atoms with E-state index in [1.807, 2.05) is 0 Å². The normalized spacial score (nSPS) is 11.7. The number of rotatable bonds is 31. The van der Waals surface area contributed by atoms with Gasteiger partial charge < -0.3 is 5.73 Å². The first-order valence-electron chi connectivity index (χ1n) is 16.8. The van der Waals surface area contributed by atoms with Gasteiger partial charge in [0.15, 0.2) is 0 Å². The summed E-state index contributed by atoms with van der Waals surface area (Å²) in [5, 5.41) is 0. The zero-order valence-electron chi connectivity index (χ0n) is 24.7. The van der Waals surface area contributed by atoms with Crippen LogP contribution in [0.3, 0.4) is 0 Å². The molecule has 0 aromatic rings. The Labute approximate surface area is 223 Å². The lowest BCUT2D eigenvalue weighted by atomic mass is 10.0. The molecule has 210 valence electrons. The summed E-state index contributed by atoms with van der Waals surface area (Å²) in [5.41, 5.74) is 5.54. The molecule has 2 N–H and O–H groups in total. The fourth-order valence-corrected chi connectivity index (χ4v) is 5.22. The Morgan fingerprint density at radius 3 is 0.800 bits per heavy atom. The third-order valence-corrected chi connectivity index (χ3v) is 7.72. The van der Waals surface area contributed by atoms with Crippen molar-refractivity contribution < 1.29 is 0 Å². The molecule has 0 rings (SSSR count). The Morgan fingerprint density at radius 2 is 0.543 bits per heavy atom. The molecular formula is C34H69N. The molecule has 0 amide bonds. The van der Waals surface area contributed by atoms with Gasteiger partial charge in [-0.3, -0.25) is 0 Å². The van der Waals surface area contributed by atoms with Crippen molar-refractivity contribution in [3.8, 4) is 0 Å². The molecule has 35 heavy (non-hydrogen) atoms. The molecule has 0 saturated heterocycles. The van der Waals surface area contributed by atoms with Gasteiger partial charge in [0.25, 0.3) is 0 Å². The van der Waals surface area contributed by atoms with Gasteiger partial charge in [0.1, 0.15) is 0 Å². The smallest absolute Gasteiger partial charge is 0.00773 e. The molecule has 0 unspecified atom stereocenters. The third-order valence-electron chi connectivity index (χ3n) is 7.72. The van der Waals surface area contributed by atoms with Crippen molar-refractivity contribution in [3.05, 3.63) is 12.2 Å². The molecular weight excluding hydrogens is 422 g/mol. The number of hydrogen-bond donors (Lipinski definition) is 1. The number of hydrogen-bond acceptors (Lipinski definition) is 1. The minimum absolute atomic E-state index is 0.873. The lowest BCUT2D eigenvalue weighted by Crippen LogP contribution is -1.97. The van der Waals surface area contributed by atoms with Gasteiger partial charge in [0.05, 0.1) is 0 Å². The molecule has 0 aliphatic carbocycles. The monoisotopic (exact) mass is 492 g/mol. The molecule has 0 fully saturated rings. The van der Waals surface area contributed by atoms with Crippen molar-refractivity contribution in [1.82, 2.24) is 0 Å². The largest absolute Gasteiger partial charge is 0.330 e. The summed E-state index contributed by atoms with van der Waals surface area (Å²) in [4.78, 5) is 0. The summed E-state index contributed by atoms with van der Waals surface area (Å²) in [6.45, 7) is 3.17. The van der Waals surface area contributed by atoms with E-state index >= 15 is 0 Å². The molecule has 0 radical (unpaired) electrons. The van der Waals surface area contributed by atoms with Crippen LogP contribution in [0.15, 0.2) is 12.2 Å². The molecule has 0 aliphatic rings. The standard InChI is InChI=1S/C34H69N/c1-2-3-4-5-6-7-8-9-10-11-12-13-14-15-16-17-18-19-20-21-22-23-24-25-26-27-28-29-30-31-32-33-34-35/h9-10H,2-8,11-35H2,1H3/b10-9-. The molecule has 0 aliphatic heterocycles. The molecule has 0 aromatic carbocycles. The van der Waals surface area contributed by atoms with E-state index in [9.17, 15) is 0 Å². The highest BCUT2D eigenvalue weighted by atomic mass is 14.5. The third kappa shape index (κ3) is 33.7. The summed E-state index contributed by atoms with van der Waals surface area (Å²) in [6.07, 6.45) is 47.8. The van der Waals surface area contributed by atoms with Crippen molar-refractivity contribution >= 4 is 0 Å². The van der Waals surface area contributed by atoms with Crippen LogP contribution in [0, 0.1) is 0 Å². The maximum absolute atomic E-state index is 5.54. The quantitative estimate of drug-likeness (QED) is 0.0757. The zero-order valence-corrected chi connectivity index (χ0v) is 24.7. The van der Waals surface area contributed by atoms with Gasteiger partial charge in [-0.05, 0) is 38.6 Å². The van der Waals surface area contributed by atoms with Crippen LogP contribution in [-0.2, 0) is 0 Å². The molecule has 0 atom stereocenters. The van der Waals surface area contributed by atoms with E-state index in [1.165, 1.54) is 193 Å². The molecule has 0 bridgehead atoms. The fourth-order valence-electron chi connectivity index (χ4n) is 5.22. The first-order valence-corrected chi connectivity index (χ1v) is 16.8. The van der Waals surface area contributed by atoms with Crippen molar-refractivity contribution in [2.45, 2.75) is 200 Å². The van der Waals surface area contributed by atoms with E-state index in [0.717, 1.165) is 6.54 Å². The van der Waals surface area contributed by atoms with Gasteiger partial charge in [-0.1, -0.05) is 180 Å². The Hall–Kier alpha value is -0.300. The SMILES string of the molecule is CCCCCCCC/C=C\CCCCCCCCCCCCCCCCCCCCCCCCN. The minimum atomic E-state index is 0.873. The van der Waals surface area contributed by atoms with Crippen LogP contribution < -0.4 is 5.73 Å². The average molecular weight is 492 g/mol. The first kappa shape index (κ1) is 34.7. The summed E-state index contributed by atoms with van der Waals surface area (Å²) in [5.74, 6) is 0. The maximum Gasteiger partial charge on any atom is -0.00773 e. The molecule has 0 aromatic heterocycles. The van der Waals surface area contributed by atoms with Gasteiger partial charge in [-0.2, -0.15) is 0 Å². The second kappa shape index (κ2) is 33.7. The van der Waals surface area contributed by atoms with Gasteiger partial charge in [-0.25, -0.2) is 0 Å². The molecule has 1 nitrogen and oxygen atoms in total. The Kier molecular flexibility index (Phi) is 33.4. The topological polar surface area (TPSA) is 26.0 Å². The highest BCUT2D eigenvalue weighted by molar-refractivity contribution is 4.81. The van der Waals surface area contributed by atoms with Crippen molar-refractivity contribution in [2.75, 3.05) is 6.54 Å². The van der Waals surface area contributed by atoms with Crippen LogP contribution in [0.25, 0.3) is 0 Å². The first-order chi connectivity index (χ1) is 17.4. The van der Waals surface area contributed by atoms with Gasteiger partial charge in [-0.15, -0.1) is 0 Å². The predicted octanol–water partition coefficient (Wildman–Crippen LogP) is 12.2. The summed E-state index contributed by atoms with van der Waals surface area (Å²) in [6, 6.07) is 0. The summed E-state index contributed by atoms with van der Waals surface area (Å²) < 4.78 is 0. The Morgan fingerprint density at radius 1 is 0.314 bits per heavy atom. The van der Waals surface area contributed by atoms with Crippen LogP contribution in [0.5, 0.6) is 0 Å². The van der Waals surface area contributed by atoms with Gasteiger partial charge >= 0.3 is 0 Å². The maximum atomic E-state index is 5.54. The van der Waals surface area contributed by atoms with Gasteiger partial charge in [0.2, 0.25) is 0 Å². The van der Waals surface area contributed by atoms with E-state index in [2.05, 4.69) is 19.1 Å². The van der Waals surface area contributed by atoms with Crippen LogP contribution in [0.1, 0.15) is 200 Å². The Balaban J connectivity index is 3.05. The average Bonchev–Trinajstić information content (AvgIpc) is 2.87. The van der Waals surface area contributed by atoms with E-state index in [4.69, 9.17) is 5.73 Å². The highest BCUT2D eigenvalue weighted by Crippen LogP contribution is 2.15. The van der Waals surface area contributed by atoms with Crippen molar-refractivity contribution in [2.24, 2.45) is 5.73 Å². The molecule has 0 spiro atoms. The van der Waals surface area contributed by atoms with E-state index in [0.29, 0.717) is 0 Å². The summed E-state index contributed by atoms with van der Waals surface area (Å²) in [7, 11) is 0. The van der Waals surface area contributed by atoms with Gasteiger partial charge in [0, 0.05) is 0 Å². The van der Waals surface area contributed by atoms with Crippen LogP contribution in [-0.4, -0.2) is 6.54 Å². The predicted molar refractivity (Wildman–Crippen MR) is 162 cm³/mol. The Bertz CT molecular complexity index is 375. The minimum Gasteiger partial charge on any atom is -0.330 e. The number of allylic oxidation sites excluding steroid dienone is 2. The lowest BCUT2D eigenvalue weighted by Gasteiger charge is -2.04. The number of nitrogens with two attached hydrogens (primary N) is 1. The van der Waals surface area contributed by atoms with Crippen LogP contribution in [0.2, 0.25) is 0 Å². The number of unbranched alkanes of at least 4 members (excludes halogenated alkanes) is 28. The second-order valence-electron chi connectivity index (χ2n) is 11.4. The lowest BCUT2D eigenvalue weighted by molar-refractivity contribution is 0.519. The molecule has 1 heteroatoms. The molecule has 0 saturated carbocycles. The van der Waals surface area contributed by atoms with Crippen LogP contribution in [0.4, 0.5) is 0 Å². The fraction of sp³-hybridized carbons (Fsp3) is 0.941.